The lowest BCUT2D eigenvalue weighted by Gasteiger charge is -2.20. The lowest BCUT2D eigenvalue weighted by molar-refractivity contribution is 0.0992. The number of carbonyl (C=O) groups is 2. The quantitative estimate of drug-likeness (QED) is 0.0927. The van der Waals surface area contributed by atoms with Crippen LogP contribution >= 0.6 is 45.3 Å². The van der Waals surface area contributed by atoms with Gasteiger partial charge in [0.15, 0.2) is 5.70 Å². The maximum atomic E-state index is 11.3. The van der Waals surface area contributed by atoms with E-state index in [0.717, 1.165) is 25.9 Å². The van der Waals surface area contributed by atoms with Crippen LogP contribution in [0.2, 0.25) is 0 Å². The Morgan fingerprint density at radius 1 is 0.698 bits per heavy atom. The molecule has 2 aliphatic carbocycles. The zero-order valence-electron chi connectivity index (χ0n) is 35.8. The molecule has 0 atom stereocenters. The lowest BCUT2D eigenvalue weighted by atomic mass is 9.84. The van der Waals surface area contributed by atoms with E-state index in [9.17, 15) is 14.7 Å². The minimum atomic E-state index is -0.479. The standard InChI is InChI=1S/C24H23N3O2S2.C15H16N2OS2.C9H8N2O/c1-24(2)17-11-16(12-19(26-3)14-5-7-15(8-6-14)23(25)29)30-21(17)22-18(24)13-20(31-22)27(4)9-10-28;1-15(2)10-6-9(8-16)19-13(10)14-11(15)7-12(20-14)17(3)4-5-18;10-6-5-7-1-3-8(4-2-7)9(11)12/h5-8,11-13,28H,9-10H2,1-2,4H3,(H2,25,29);6-7,18H,4-5H2,1-3H3;1-4H,5H2,(H2,11,12)/b19-12-;;. The molecular weight excluding hydrogens is 867 g/mol. The molecule has 6 N–H and O–H groups in total. The third-order valence-electron chi connectivity index (χ3n) is 11.1. The van der Waals surface area contributed by atoms with Gasteiger partial charge in [-0.05, 0) is 75.9 Å². The van der Waals surface area contributed by atoms with Crippen molar-refractivity contribution in [3.8, 4) is 31.6 Å². The van der Waals surface area contributed by atoms with Gasteiger partial charge in [-0.15, -0.1) is 45.3 Å². The minimum Gasteiger partial charge on any atom is -0.395 e. The van der Waals surface area contributed by atoms with Crippen molar-refractivity contribution in [1.29, 1.82) is 10.5 Å². The van der Waals surface area contributed by atoms with Crippen LogP contribution in [0, 0.1) is 29.2 Å². The van der Waals surface area contributed by atoms with Gasteiger partial charge in [-0.3, -0.25) is 9.59 Å². The summed E-state index contributed by atoms with van der Waals surface area (Å²) in [5.41, 5.74) is 18.5. The molecule has 4 heterocycles. The van der Waals surface area contributed by atoms with Crippen LogP contribution < -0.4 is 21.3 Å². The molecule has 0 aliphatic heterocycles. The number of anilines is 2. The number of hydrogen-bond acceptors (Lipinski definition) is 12. The first-order valence-electron chi connectivity index (χ1n) is 19.9. The van der Waals surface area contributed by atoms with E-state index in [0.29, 0.717) is 36.3 Å². The first kappa shape index (κ1) is 46.4. The summed E-state index contributed by atoms with van der Waals surface area (Å²) in [6.45, 7) is 18.1. The topological polar surface area (TPSA) is 185 Å². The summed E-state index contributed by atoms with van der Waals surface area (Å²) in [7, 11) is 4.00. The summed E-state index contributed by atoms with van der Waals surface area (Å²) in [6.07, 6.45) is 2.27. The van der Waals surface area contributed by atoms with Crippen LogP contribution in [-0.2, 0) is 17.3 Å². The SMILES string of the molecule is CN(CCO)c1cc2c(s1)-c1sc(C#N)cc1C2(C)C.N#CCc1ccc(C(N)=O)cc1.[C-]#[N+]/C(=C\c1cc2c(s1)-c1sc(N(C)CCO)cc1C2(C)C)c1ccc(C(N)=O)cc1. The molecule has 2 aliphatic rings. The second kappa shape index (κ2) is 19.1. The van der Waals surface area contributed by atoms with E-state index >= 15 is 0 Å². The fourth-order valence-electron chi connectivity index (χ4n) is 7.40. The van der Waals surface area contributed by atoms with Gasteiger partial charge in [-0.25, -0.2) is 4.85 Å². The van der Waals surface area contributed by atoms with Crippen molar-refractivity contribution < 1.29 is 19.8 Å². The minimum absolute atomic E-state index is 0.0366. The van der Waals surface area contributed by atoms with Crippen LogP contribution in [0.3, 0.4) is 0 Å². The molecule has 0 saturated heterocycles. The van der Waals surface area contributed by atoms with Gasteiger partial charge in [-0.1, -0.05) is 64.1 Å². The maximum Gasteiger partial charge on any atom is 0.248 e. The highest BCUT2D eigenvalue weighted by Gasteiger charge is 2.41. The normalized spacial score (nSPS) is 13.3. The number of nitrogens with zero attached hydrogens (tertiary/aromatic N) is 5. The summed E-state index contributed by atoms with van der Waals surface area (Å²) in [4.78, 5) is 36.7. The van der Waals surface area contributed by atoms with Crippen LogP contribution in [0.1, 0.15) is 91.5 Å². The first-order chi connectivity index (χ1) is 30.0. The Morgan fingerprint density at radius 3 is 1.57 bits per heavy atom. The summed E-state index contributed by atoms with van der Waals surface area (Å²) in [5, 5.41) is 38.1. The number of primary amides is 2. The van der Waals surface area contributed by atoms with Crippen LogP contribution in [0.15, 0.2) is 72.8 Å². The van der Waals surface area contributed by atoms with Crippen LogP contribution in [0.25, 0.3) is 36.1 Å². The average Bonchev–Trinajstić information content (AvgIpc) is 4.11. The van der Waals surface area contributed by atoms with E-state index in [1.807, 2.05) is 32.3 Å². The molecule has 0 bridgehead atoms. The number of amides is 2. The Morgan fingerprint density at radius 2 is 1.13 bits per heavy atom. The first-order valence-corrected chi connectivity index (χ1v) is 23.1. The molecular formula is C48H47N7O4S4. The summed E-state index contributed by atoms with van der Waals surface area (Å²) >= 11 is 6.80. The smallest absolute Gasteiger partial charge is 0.248 e. The van der Waals surface area contributed by atoms with Gasteiger partial charge in [-0.2, -0.15) is 10.5 Å². The van der Waals surface area contributed by atoms with Crippen LogP contribution in [-0.4, -0.2) is 62.4 Å². The highest BCUT2D eigenvalue weighted by molar-refractivity contribution is 7.25. The number of carbonyl (C=O) groups excluding carboxylic acids is 2. The van der Waals surface area contributed by atoms with Gasteiger partial charge in [0.05, 0.1) is 56.9 Å². The Labute approximate surface area is 383 Å². The van der Waals surface area contributed by atoms with Crippen LogP contribution in [0.4, 0.5) is 10.0 Å². The average molecular weight is 914 g/mol. The second-order valence-corrected chi connectivity index (χ2v) is 20.2. The van der Waals surface area contributed by atoms with E-state index in [-0.39, 0.29) is 24.0 Å². The number of likely N-dealkylation sites (N-methyl/N-ethyl adjacent to an activating group) is 2. The number of fused-ring (bicyclic) bond motifs is 6. The molecule has 0 radical (unpaired) electrons. The Balaban J connectivity index is 0.000000176. The zero-order valence-corrected chi connectivity index (χ0v) is 39.0. The third kappa shape index (κ3) is 9.48. The number of aliphatic hydroxyl groups is 2. The maximum absolute atomic E-state index is 11.3. The van der Waals surface area contributed by atoms with E-state index < -0.39 is 11.8 Å². The van der Waals surface area contributed by atoms with Gasteiger partial charge in [0.25, 0.3) is 0 Å². The number of nitriles is 2. The molecule has 63 heavy (non-hydrogen) atoms. The molecule has 322 valence electrons. The molecule has 0 fully saturated rings. The second-order valence-electron chi connectivity index (χ2n) is 16.0. The molecule has 2 aromatic carbocycles. The highest BCUT2D eigenvalue weighted by Crippen LogP contribution is 2.58. The summed E-state index contributed by atoms with van der Waals surface area (Å²) in [5.74, 6) is -0.925. The number of aliphatic hydroxyl groups excluding tert-OH is 2. The van der Waals surface area contributed by atoms with Gasteiger partial charge < -0.3 is 31.5 Å². The van der Waals surface area contributed by atoms with Gasteiger partial charge in [0, 0.05) is 58.9 Å². The van der Waals surface area contributed by atoms with Crippen molar-refractivity contribution in [2.24, 2.45) is 11.5 Å². The molecule has 15 heteroatoms. The fourth-order valence-corrected chi connectivity index (χ4v) is 12.7. The number of nitrogens with two attached hydrogens (primary N) is 2. The molecule has 8 rings (SSSR count). The number of hydrogen-bond donors (Lipinski definition) is 4. The molecule has 0 unspecified atom stereocenters. The van der Waals surface area contributed by atoms with Crippen molar-refractivity contribution in [1.82, 2.24) is 0 Å². The van der Waals surface area contributed by atoms with Crippen molar-refractivity contribution in [2.45, 2.75) is 44.9 Å². The predicted octanol–water partition coefficient (Wildman–Crippen LogP) is 9.33. The van der Waals surface area contributed by atoms with E-state index in [1.165, 1.54) is 46.8 Å². The van der Waals surface area contributed by atoms with Gasteiger partial charge in [0.2, 0.25) is 11.8 Å². The molecule has 11 nitrogen and oxygen atoms in total. The highest BCUT2D eigenvalue weighted by atomic mass is 32.1. The third-order valence-corrected chi connectivity index (χ3v) is 16.1. The molecule has 4 aromatic heterocycles. The van der Waals surface area contributed by atoms with Crippen molar-refractivity contribution in [3.05, 3.63) is 138 Å². The van der Waals surface area contributed by atoms with E-state index in [4.69, 9.17) is 33.7 Å². The Kier molecular flexibility index (Phi) is 14.1. The monoisotopic (exact) mass is 913 g/mol. The predicted molar refractivity (Wildman–Crippen MR) is 259 cm³/mol. The summed E-state index contributed by atoms with van der Waals surface area (Å²) in [6, 6.07) is 26.5. The van der Waals surface area contributed by atoms with Gasteiger partial charge >= 0.3 is 0 Å². The Bertz CT molecular complexity index is 2820. The number of rotatable bonds is 11. The Hall–Kier alpha value is -6.09. The van der Waals surface area contributed by atoms with Crippen molar-refractivity contribution in [2.75, 3.05) is 50.2 Å². The van der Waals surface area contributed by atoms with Crippen molar-refractivity contribution >= 4 is 78.9 Å². The zero-order chi connectivity index (χ0) is 45.8. The molecule has 0 saturated carbocycles. The number of benzene rings is 2. The lowest BCUT2D eigenvalue weighted by Crippen LogP contribution is -2.20. The molecule has 6 aromatic rings. The fraction of sp³-hybridized carbons (Fsp3) is 0.271. The van der Waals surface area contributed by atoms with Crippen molar-refractivity contribution in [3.63, 3.8) is 0 Å². The molecule has 0 spiro atoms. The largest absolute Gasteiger partial charge is 0.395 e. The van der Waals surface area contributed by atoms with Gasteiger partial charge in [0.1, 0.15) is 10.9 Å². The number of thiophene rings is 4. The van der Waals surface area contributed by atoms with E-state index in [2.05, 4.69) is 66.6 Å². The van der Waals surface area contributed by atoms with Crippen LogP contribution in [0.5, 0.6) is 0 Å². The van der Waals surface area contributed by atoms with E-state index in [1.54, 1.807) is 93.9 Å². The summed E-state index contributed by atoms with van der Waals surface area (Å²) < 4.78 is 0. The molecule has 2 amide bonds.